The molecule has 0 aliphatic heterocycles. The lowest BCUT2D eigenvalue weighted by molar-refractivity contribution is 0.636. The van der Waals surface area contributed by atoms with Crippen molar-refractivity contribution in [3.63, 3.8) is 0 Å². The third kappa shape index (κ3) is 3.35. The Morgan fingerprint density at radius 3 is 2.56 bits per heavy atom. The Bertz CT molecular complexity index is 991. The van der Waals surface area contributed by atoms with E-state index in [0.29, 0.717) is 12.5 Å². The highest BCUT2D eigenvalue weighted by atomic mass is 15.3. The molecule has 0 aliphatic rings. The Morgan fingerprint density at radius 2 is 1.76 bits per heavy atom. The van der Waals surface area contributed by atoms with Gasteiger partial charge in [-0.25, -0.2) is 9.97 Å². The molecule has 2 aromatic heterocycles. The number of hydrogen-bond acceptors (Lipinski definition) is 4. The quantitative estimate of drug-likeness (QED) is 0.603. The van der Waals surface area contributed by atoms with Gasteiger partial charge in [0.2, 0.25) is 5.95 Å². The predicted octanol–water partition coefficient (Wildman–Crippen LogP) is 3.91. The molecule has 0 unspecified atom stereocenters. The first kappa shape index (κ1) is 15.3. The molecule has 0 bridgehead atoms. The molecule has 0 aliphatic carbocycles. The van der Waals surface area contributed by atoms with E-state index in [-0.39, 0.29) is 0 Å². The minimum Gasteiger partial charge on any atom is -0.352 e. The van der Waals surface area contributed by atoms with Crippen LogP contribution in [0.4, 0.5) is 5.95 Å². The van der Waals surface area contributed by atoms with Crippen molar-refractivity contribution < 1.29 is 0 Å². The van der Waals surface area contributed by atoms with Crippen LogP contribution >= 0.6 is 0 Å². The molecule has 2 heterocycles. The van der Waals surface area contributed by atoms with Crippen LogP contribution in [-0.2, 0) is 6.54 Å². The fraction of sp³-hybridized carbons (Fsp3) is 0.150. The van der Waals surface area contributed by atoms with E-state index in [9.17, 15) is 0 Å². The van der Waals surface area contributed by atoms with Crippen LogP contribution in [-0.4, -0.2) is 26.3 Å². The summed E-state index contributed by atoms with van der Waals surface area (Å²) in [5, 5.41) is 8.68. The Morgan fingerprint density at radius 1 is 0.960 bits per heavy atom. The monoisotopic (exact) mass is 329 g/mol. The third-order valence-electron chi connectivity index (χ3n) is 4.04. The van der Waals surface area contributed by atoms with E-state index in [2.05, 4.69) is 33.6 Å². The van der Waals surface area contributed by atoms with E-state index in [1.807, 2.05) is 60.4 Å². The highest BCUT2D eigenvalue weighted by molar-refractivity contribution is 5.93. The molecule has 25 heavy (non-hydrogen) atoms. The first-order chi connectivity index (χ1) is 12.3. The standard InChI is InChI=1S/C20H19N5/c1-15-13-22-25(14-15)12-11-21-20-23-18-10-6-5-9-17(18)19(24-20)16-7-3-2-4-8-16/h2-10,13-14H,11-12H2,1H3,(H,21,23,24). The van der Waals surface area contributed by atoms with Crippen LogP contribution in [0.1, 0.15) is 5.56 Å². The fourth-order valence-electron chi connectivity index (χ4n) is 2.84. The van der Waals surface area contributed by atoms with Crippen molar-refractivity contribution in [2.45, 2.75) is 13.5 Å². The summed E-state index contributed by atoms with van der Waals surface area (Å²) >= 11 is 0. The average molecular weight is 329 g/mol. The Kier molecular flexibility index (Phi) is 4.12. The van der Waals surface area contributed by atoms with Crippen molar-refractivity contribution in [3.8, 4) is 11.3 Å². The summed E-state index contributed by atoms with van der Waals surface area (Å²) in [7, 11) is 0. The third-order valence-corrected chi connectivity index (χ3v) is 4.04. The minimum absolute atomic E-state index is 0.640. The van der Waals surface area contributed by atoms with E-state index in [4.69, 9.17) is 4.98 Å². The van der Waals surface area contributed by atoms with Gasteiger partial charge < -0.3 is 5.32 Å². The molecule has 5 nitrogen and oxygen atoms in total. The molecule has 1 N–H and O–H groups in total. The lowest BCUT2D eigenvalue weighted by Gasteiger charge is -2.10. The van der Waals surface area contributed by atoms with Crippen molar-refractivity contribution >= 4 is 16.9 Å². The highest BCUT2D eigenvalue weighted by Crippen LogP contribution is 2.26. The summed E-state index contributed by atoms with van der Waals surface area (Å²) in [5.41, 5.74) is 4.14. The van der Waals surface area contributed by atoms with E-state index >= 15 is 0 Å². The van der Waals surface area contributed by atoms with Crippen LogP contribution in [0.25, 0.3) is 22.2 Å². The second-order valence-electron chi connectivity index (χ2n) is 5.99. The zero-order chi connectivity index (χ0) is 17.1. The topological polar surface area (TPSA) is 55.6 Å². The zero-order valence-corrected chi connectivity index (χ0v) is 14.1. The van der Waals surface area contributed by atoms with Crippen molar-refractivity contribution in [1.29, 1.82) is 0 Å². The van der Waals surface area contributed by atoms with Crippen molar-refractivity contribution in [3.05, 3.63) is 72.6 Å². The number of hydrogen-bond donors (Lipinski definition) is 1. The normalized spacial score (nSPS) is 10.9. The summed E-state index contributed by atoms with van der Waals surface area (Å²) in [6, 6.07) is 18.3. The van der Waals surface area contributed by atoms with Crippen molar-refractivity contribution in [2.75, 3.05) is 11.9 Å². The van der Waals surface area contributed by atoms with Gasteiger partial charge in [0.15, 0.2) is 0 Å². The lowest BCUT2D eigenvalue weighted by atomic mass is 10.1. The van der Waals surface area contributed by atoms with Crippen LogP contribution < -0.4 is 5.32 Å². The summed E-state index contributed by atoms with van der Waals surface area (Å²) in [6.45, 7) is 3.52. The number of aromatic nitrogens is 4. The van der Waals surface area contributed by atoms with E-state index < -0.39 is 0 Å². The van der Waals surface area contributed by atoms with Crippen LogP contribution in [0.2, 0.25) is 0 Å². The number of para-hydroxylation sites is 1. The van der Waals surface area contributed by atoms with Crippen LogP contribution in [0.5, 0.6) is 0 Å². The van der Waals surface area contributed by atoms with Gasteiger partial charge in [0.1, 0.15) is 0 Å². The van der Waals surface area contributed by atoms with Gasteiger partial charge in [0.05, 0.1) is 24.0 Å². The molecule has 5 heteroatoms. The number of rotatable bonds is 5. The average Bonchev–Trinajstić information content (AvgIpc) is 3.07. The SMILES string of the molecule is Cc1cnn(CCNc2nc(-c3ccccc3)c3ccccc3n2)c1. The molecule has 4 aromatic rings. The van der Waals surface area contributed by atoms with Crippen molar-refractivity contribution in [2.24, 2.45) is 0 Å². The van der Waals surface area contributed by atoms with Gasteiger partial charge in [-0.2, -0.15) is 5.10 Å². The fourth-order valence-corrected chi connectivity index (χ4v) is 2.84. The number of aryl methyl sites for hydroxylation is 1. The molecule has 0 spiro atoms. The van der Waals surface area contributed by atoms with Crippen LogP contribution in [0.3, 0.4) is 0 Å². The Balaban J connectivity index is 1.63. The van der Waals surface area contributed by atoms with Gasteiger partial charge in [-0.3, -0.25) is 4.68 Å². The zero-order valence-electron chi connectivity index (χ0n) is 14.1. The molecule has 0 radical (unpaired) electrons. The minimum atomic E-state index is 0.640. The number of nitrogens with zero attached hydrogens (tertiary/aromatic N) is 4. The molecule has 0 saturated heterocycles. The lowest BCUT2D eigenvalue weighted by Crippen LogP contribution is -2.13. The van der Waals surface area contributed by atoms with E-state index in [1.54, 1.807) is 0 Å². The molecule has 0 fully saturated rings. The Labute approximate surface area is 146 Å². The number of benzene rings is 2. The van der Waals surface area contributed by atoms with Gasteiger partial charge in [-0.15, -0.1) is 0 Å². The van der Waals surface area contributed by atoms with Crippen molar-refractivity contribution in [1.82, 2.24) is 19.7 Å². The van der Waals surface area contributed by atoms with Gasteiger partial charge >= 0.3 is 0 Å². The largest absolute Gasteiger partial charge is 0.352 e. The molecule has 0 saturated carbocycles. The molecule has 4 rings (SSSR count). The van der Waals surface area contributed by atoms with Crippen LogP contribution in [0.15, 0.2) is 67.0 Å². The van der Waals surface area contributed by atoms with Gasteiger partial charge in [-0.1, -0.05) is 48.5 Å². The maximum absolute atomic E-state index is 4.76. The Hall–Kier alpha value is -3.21. The first-order valence-electron chi connectivity index (χ1n) is 8.35. The molecule has 0 atom stereocenters. The maximum Gasteiger partial charge on any atom is 0.223 e. The molecule has 124 valence electrons. The number of anilines is 1. The van der Waals surface area contributed by atoms with E-state index in [1.165, 1.54) is 0 Å². The smallest absolute Gasteiger partial charge is 0.223 e. The summed E-state index contributed by atoms with van der Waals surface area (Å²) in [4.78, 5) is 9.40. The molecular weight excluding hydrogens is 310 g/mol. The predicted molar refractivity (Wildman–Crippen MR) is 100 cm³/mol. The van der Waals surface area contributed by atoms with Crippen LogP contribution in [0, 0.1) is 6.92 Å². The van der Waals surface area contributed by atoms with Gasteiger partial charge in [-0.05, 0) is 18.6 Å². The summed E-state index contributed by atoms with van der Waals surface area (Å²) in [6.07, 6.45) is 3.89. The number of fused-ring (bicyclic) bond motifs is 1. The maximum atomic E-state index is 4.76. The molecular formula is C20H19N5. The summed E-state index contributed by atoms with van der Waals surface area (Å²) in [5.74, 6) is 0.640. The van der Waals surface area contributed by atoms with Gasteiger partial charge in [0.25, 0.3) is 0 Å². The molecule has 2 aromatic carbocycles. The summed E-state index contributed by atoms with van der Waals surface area (Å²) < 4.78 is 1.92. The second-order valence-corrected chi connectivity index (χ2v) is 5.99. The number of nitrogens with one attached hydrogen (secondary N) is 1. The first-order valence-corrected chi connectivity index (χ1v) is 8.35. The highest BCUT2D eigenvalue weighted by Gasteiger charge is 2.09. The van der Waals surface area contributed by atoms with Gasteiger partial charge in [0, 0.05) is 23.7 Å². The second kappa shape index (κ2) is 6.73. The molecule has 0 amide bonds. The van der Waals surface area contributed by atoms with E-state index in [0.717, 1.165) is 34.3 Å².